The van der Waals surface area contributed by atoms with Gasteiger partial charge in [0.25, 0.3) is 5.91 Å². The van der Waals surface area contributed by atoms with E-state index in [0.717, 1.165) is 41.9 Å². The summed E-state index contributed by atoms with van der Waals surface area (Å²) in [5, 5.41) is 6.41. The summed E-state index contributed by atoms with van der Waals surface area (Å²) < 4.78 is 5.43. The van der Waals surface area contributed by atoms with Crippen molar-refractivity contribution in [3.63, 3.8) is 0 Å². The van der Waals surface area contributed by atoms with Gasteiger partial charge in [0.15, 0.2) is 0 Å². The molecule has 1 fully saturated rings. The molecule has 23 heavy (non-hydrogen) atoms. The summed E-state index contributed by atoms with van der Waals surface area (Å²) >= 11 is 0. The molecule has 4 rings (SSSR count). The topological polar surface area (TPSA) is 50.4 Å². The van der Waals surface area contributed by atoms with Gasteiger partial charge in [0.1, 0.15) is 0 Å². The van der Waals surface area contributed by atoms with Crippen molar-refractivity contribution in [2.75, 3.05) is 18.4 Å². The van der Waals surface area contributed by atoms with Crippen LogP contribution in [0.3, 0.4) is 0 Å². The molecule has 1 amide bonds. The maximum Gasteiger partial charge on any atom is 0.255 e. The van der Waals surface area contributed by atoms with E-state index in [9.17, 15) is 4.79 Å². The molecule has 0 aromatic heterocycles. The normalized spacial score (nSPS) is 19.6. The molecule has 0 aliphatic carbocycles. The summed E-state index contributed by atoms with van der Waals surface area (Å²) in [6.45, 7) is 3.26. The summed E-state index contributed by atoms with van der Waals surface area (Å²) in [5.41, 5.74) is 5.12. The van der Waals surface area contributed by atoms with Crippen molar-refractivity contribution in [3.05, 3.63) is 64.7 Å². The summed E-state index contributed by atoms with van der Waals surface area (Å²) in [6.07, 6.45) is 1.08. The van der Waals surface area contributed by atoms with Gasteiger partial charge in [-0.2, -0.15) is 0 Å². The first-order valence-corrected chi connectivity index (χ1v) is 8.12. The van der Waals surface area contributed by atoms with E-state index in [1.807, 2.05) is 36.4 Å². The Morgan fingerprint density at radius 2 is 2.00 bits per heavy atom. The van der Waals surface area contributed by atoms with Crippen molar-refractivity contribution in [1.82, 2.24) is 5.32 Å². The molecule has 0 radical (unpaired) electrons. The number of nitrogens with one attached hydrogen (secondary N) is 2. The number of hydrogen-bond donors (Lipinski definition) is 2. The van der Waals surface area contributed by atoms with Crippen LogP contribution in [0.1, 0.15) is 39.4 Å². The minimum absolute atomic E-state index is 0.0358. The molecule has 2 N–H and O–H groups in total. The van der Waals surface area contributed by atoms with E-state index < -0.39 is 0 Å². The number of hydrogen-bond acceptors (Lipinski definition) is 3. The summed E-state index contributed by atoms with van der Waals surface area (Å²) in [6, 6.07) is 13.9. The van der Waals surface area contributed by atoms with Crippen LogP contribution in [0.5, 0.6) is 0 Å². The van der Waals surface area contributed by atoms with Crippen LogP contribution >= 0.6 is 0 Å². The second kappa shape index (κ2) is 6.14. The van der Waals surface area contributed by atoms with Gasteiger partial charge >= 0.3 is 0 Å². The highest BCUT2D eigenvalue weighted by Crippen LogP contribution is 2.27. The molecule has 0 spiro atoms. The molecule has 2 aliphatic rings. The number of carbonyl (C=O) groups excluding carboxylic acids is 1. The highest BCUT2D eigenvalue weighted by Gasteiger charge is 2.22. The van der Waals surface area contributed by atoms with Crippen LogP contribution in [0.25, 0.3) is 0 Å². The Hall–Kier alpha value is -2.17. The minimum Gasteiger partial charge on any atom is -0.372 e. The number of amides is 1. The molecule has 0 bridgehead atoms. The smallest absolute Gasteiger partial charge is 0.255 e. The van der Waals surface area contributed by atoms with Crippen molar-refractivity contribution in [3.8, 4) is 0 Å². The van der Waals surface area contributed by atoms with E-state index in [0.29, 0.717) is 19.1 Å². The number of ether oxygens (including phenoxy) is 1. The van der Waals surface area contributed by atoms with Gasteiger partial charge in [-0.1, -0.05) is 24.3 Å². The molecule has 2 aromatic rings. The Bertz CT molecular complexity index is 736. The number of fused-ring (bicyclic) bond motifs is 1. The van der Waals surface area contributed by atoms with Crippen molar-refractivity contribution in [1.29, 1.82) is 0 Å². The molecular formula is C19H20N2O2. The second-order valence-electron chi connectivity index (χ2n) is 6.21. The van der Waals surface area contributed by atoms with Crippen LogP contribution in [0.15, 0.2) is 42.5 Å². The van der Waals surface area contributed by atoms with Gasteiger partial charge in [-0.15, -0.1) is 0 Å². The number of benzene rings is 2. The second-order valence-corrected chi connectivity index (χ2v) is 6.21. The average Bonchev–Trinajstić information content (AvgIpc) is 3.26. The van der Waals surface area contributed by atoms with Crippen LogP contribution < -0.4 is 10.6 Å². The molecule has 1 atom stereocenters. The number of rotatable bonds is 3. The van der Waals surface area contributed by atoms with Crippen LogP contribution in [0, 0.1) is 0 Å². The lowest BCUT2D eigenvalue weighted by Crippen LogP contribution is -2.17. The third kappa shape index (κ3) is 2.87. The van der Waals surface area contributed by atoms with Crippen molar-refractivity contribution in [2.24, 2.45) is 0 Å². The lowest BCUT2D eigenvalue weighted by atomic mass is 9.93. The highest BCUT2D eigenvalue weighted by atomic mass is 16.5. The van der Waals surface area contributed by atoms with Gasteiger partial charge in [-0.3, -0.25) is 4.79 Å². The first kappa shape index (κ1) is 14.4. The van der Waals surface area contributed by atoms with Gasteiger partial charge in [-0.25, -0.2) is 0 Å². The Morgan fingerprint density at radius 1 is 1.13 bits per heavy atom. The molecule has 2 aromatic carbocycles. The zero-order valence-corrected chi connectivity index (χ0v) is 13.0. The summed E-state index contributed by atoms with van der Waals surface area (Å²) in [4.78, 5) is 12.7. The minimum atomic E-state index is -0.0358. The molecule has 4 heteroatoms. The predicted molar refractivity (Wildman–Crippen MR) is 89.6 cm³/mol. The van der Waals surface area contributed by atoms with E-state index in [4.69, 9.17) is 4.74 Å². The summed E-state index contributed by atoms with van der Waals surface area (Å²) in [7, 11) is 0. The van der Waals surface area contributed by atoms with Crippen LogP contribution in [0.4, 0.5) is 5.69 Å². The molecule has 1 unspecified atom stereocenters. The third-order valence-electron chi connectivity index (χ3n) is 4.68. The fourth-order valence-corrected chi connectivity index (χ4v) is 3.43. The average molecular weight is 308 g/mol. The molecular weight excluding hydrogens is 288 g/mol. The van der Waals surface area contributed by atoms with E-state index in [1.165, 1.54) is 5.56 Å². The standard InChI is InChI=1S/C19H20N2O2/c22-19(21-16-6-5-14-11-23-12-15(14)9-16)18-4-2-1-3-17(18)13-7-8-20-10-13/h1-6,9,13,20H,7-8,10-12H2,(H,21,22). The lowest BCUT2D eigenvalue weighted by molar-refractivity contribution is 0.102. The van der Waals surface area contributed by atoms with Gasteiger partial charge in [-0.05, 0) is 53.8 Å². The maximum atomic E-state index is 12.7. The molecule has 0 saturated carbocycles. The molecule has 2 heterocycles. The predicted octanol–water partition coefficient (Wildman–Crippen LogP) is 3.05. The molecule has 2 aliphatic heterocycles. The van der Waals surface area contributed by atoms with Gasteiger partial charge < -0.3 is 15.4 Å². The summed E-state index contributed by atoms with van der Waals surface area (Å²) in [5.74, 6) is 0.386. The van der Waals surface area contributed by atoms with Crippen LogP contribution in [-0.4, -0.2) is 19.0 Å². The quantitative estimate of drug-likeness (QED) is 0.916. The van der Waals surface area contributed by atoms with Gasteiger partial charge in [0, 0.05) is 17.8 Å². The van der Waals surface area contributed by atoms with Crippen molar-refractivity contribution < 1.29 is 9.53 Å². The van der Waals surface area contributed by atoms with E-state index in [1.54, 1.807) is 0 Å². The number of carbonyl (C=O) groups is 1. The van der Waals surface area contributed by atoms with Gasteiger partial charge in [0.2, 0.25) is 0 Å². The van der Waals surface area contributed by atoms with Crippen LogP contribution in [-0.2, 0) is 18.0 Å². The van der Waals surface area contributed by atoms with Crippen molar-refractivity contribution in [2.45, 2.75) is 25.6 Å². The van der Waals surface area contributed by atoms with E-state index >= 15 is 0 Å². The Morgan fingerprint density at radius 3 is 2.87 bits per heavy atom. The first-order chi connectivity index (χ1) is 11.3. The van der Waals surface area contributed by atoms with E-state index in [-0.39, 0.29) is 5.91 Å². The zero-order valence-electron chi connectivity index (χ0n) is 13.0. The Kier molecular flexibility index (Phi) is 3.85. The Balaban J connectivity index is 1.57. The zero-order chi connectivity index (χ0) is 15.6. The lowest BCUT2D eigenvalue weighted by Gasteiger charge is -2.15. The molecule has 4 nitrogen and oxygen atoms in total. The molecule has 1 saturated heterocycles. The van der Waals surface area contributed by atoms with Gasteiger partial charge in [0.05, 0.1) is 13.2 Å². The maximum absolute atomic E-state index is 12.7. The monoisotopic (exact) mass is 308 g/mol. The van der Waals surface area contributed by atoms with Crippen molar-refractivity contribution >= 4 is 11.6 Å². The first-order valence-electron chi connectivity index (χ1n) is 8.12. The molecule has 118 valence electrons. The highest BCUT2D eigenvalue weighted by molar-refractivity contribution is 6.05. The fourth-order valence-electron chi connectivity index (χ4n) is 3.43. The largest absolute Gasteiger partial charge is 0.372 e. The van der Waals surface area contributed by atoms with Crippen LogP contribution in [0.2, 0.25) is 0 Å². The SMILES string of the molecule is O=C(Nc1ccc2c(c1)COC2)c1ccccc1C1CCNC1. The Labute approximate surface area is 135 Å². The number of anilines is 1. The third-order valence-corrected chi connectivity index (χ3v) is 4.68. The van der Waals surface area contributed by atoms with E-state index in [2.05, 4.69) is 16.7 Å². The fraction of sp³-hybridized carbons (Fsp3) is 0.316.